The van der Waals surface area contributed by atoms with Crippen LogP contribution in [0.15, 0.2) is 0 Å². The number of anilines is 2. The minimum atomic E-state index is 0.215. The Morgan fingerprint density at radius 3 is 2.00 bits per heavy atom. The summed E-state index contributed by atoms with van der Waals surface area (Å²) in [4.78, 5) is 12.5. The fraction of sp³-hybridized carbons (Fsp3) is 0.786. The molecule has 1 aromatic heterocycles. The number of hydrogen-bond donors (Lipinski definition) is 2. The molecule has 6 heteroatoms. The summed E-state index contributed by atoms with van der Waals surface area (Å²) in [5.41, 5.74) is 0. The van der Waals surface area contributed by atoms with E-state index >= 15 is 0 Å². The van der Waals surface area contributed by atoms with Gasteiger partial charge in [-0.2, -0.15) is 15.0 Å². The zero-order chi connectivity index (χ0) is 15.1. The number of rotatable bonds is 8. The molecule has 0 spiro atoms. The molecular formula is C14H26ClN5. The Balaban J connectivity index is 2.69. The molecule has 0 aliphatic rings. The molecule has 0 bridgehead atoms. The average molecular weight is 300 g/mol. The molecule has 1 heterocycles. The van der Waals surface area contributed by atoms with Gasteiger partial charge in [0.25, 0.3) is 0 Å². The van der Waals surface area contributed by atoms with Crippen molar-refractivity contribution in [2.75, 3.05) is 23.7 Å². The van der Waals surface area contributed by atoms with Gasteiger partial charge in [-0.05, 0) is 35.8 Å². The van der Waals surface area contributed by atoms with E-state index in [-0.39, 0.29) is 5.28 Å². The summed E-state index contributed by atoms with van der Waals surface area (Å²) in [7, 11) is 0. The van der Waals surface area contributed by atoms with Gasteiger partial charge in [0.1, 0.15) is 0 Å². The Hall–Kier alpha value is -1.10. The number of halogens is 1. The van der Waals surface area contributed by atoms with Crippen molar-refractivity contribution in [2.24, 2.45) is 17.8 Å². The van der Waals surface area contributed by atoms with Crippen LogP contribution in [0.5, 0.6) is 0 Å². The maximum absolute atomic E-state index is 5.93. The molecule has 0 radical (unpaired) electrons. The Morgan fingerprint density at radius 2 is 1.50 bits per heavy atom. The zero-order valence-electron chi connectivity index (χ0n) is 13.1. The Kier molecular flexibility index (Phi) is 6.99. The maximum atomic E-state index is 5.93. The van der Waals surface area contributed by atoms with Gasteiger partial charge < -0.3 is 10.6 Å². The third-order valence-electron chi connectivity index (χ3n) is 3.35. The third kappa shape index (κ3) is 5.49. The van der Waals surface area contributed by atoms with Gasteiger partial charge in [-0.15, -0.1) is 0 Å². The van der Waals surface area contributed by atoms with Crippen LogP contribution in [-0.2, 0) is 0 Å². The fourth-order valence-electron chi connectivity index (χ4n) is 2.20. The standard InChI is InChI=1S/C14H26ClN5/c1-6-7-16-13-18-12(15)19-14(20-13)17-8-11(9(2)3)10(4)5/h9-11H,6-8H2,1-5H3,(H2,16,17,18,19,20). The van der Waals surface area contributed by atoms with E-state index in [1.54, 1.807) is 0 Å². The minimum absolute atomic E-state index is 0.215. The monoisotopic (exact) mass is 299 g/mol. The van der Waals surface area contributed by atoms with Crippen LogP contribution in [0, 0.1) is 17.8 Å². The average Bonchev–Trinajstić information content (AvgIpc) is 2.35. The van der Waals surface area contributed by atoms with Crippen molar-refractivity contribution in [3.05, 3.63) is 5.28 Å². The van der Waals surface area contributed by atoms with Crippen molar-refractivity contribution in [3.63, 3.8) is 0 Å². The summed E-state index contributed by atoms with van der Waals surface area (Å²) in [6.45, 7) is 12.7. The van der Waals surface area contributed by atoms with Gasteiger partial charge in [-0.25, -0.2) is 0 Å². The third-order valence-corrected chi connectivity index (χ3v) is 3.52. The molecule has 0 aliphatic heterocycles. The SMILES string of the molecule is CCCNc1nc(Cl)nc(NCC(C(C)C)C(C)C)n1. The summed E-state index contributed by atoms with van der Waals surface area (Å²) in [5, 5.41) is 6.62. The van der Waals surface area contributed by atoms with Gasteiger partial charge in [-0.1, -0.05) is 34.6 Å². The van der Waals surface area contributed by atoms with Crippen LogP contribution in [0.3, 0.4) is 0 Å². The van der Waals surface area contributed by atoms with E-state index in [9.17, 15) is 0 Å². The van der Waals surface area contributed by atoms with Crippen molar-refractivity contribution in [1.29, 1.82) is 0 Å². The van der Waals surface area contributed by atoms with Crippen molar-refractivity contribution >= 4 is 23.5 Å². The van der Waals surface area contributed by atoms with E-state index in [1.807, 2.05) is 0 Å². The second-order valence-electron chi connectivity index (χ2n) is 5.71. The summed E-state index contributed by atoms with van der Waals surface area (Å²) >= 11 is 5.93. The van der Waals surface area contributed by atoms with E-state index in [2.05, 4.69) is 60.2 Å². The van der Waals surface area contributed by atoms with Gasteiger partial charge >= 0.3 is 0 Å². The Morgan fingerprint density at radius 1 is 0.950 bits per heavy atom. The number of nitrogens with zero attached hydrogens (tertiary/aromatic N) is 3. The topological polar surface area (TPSA) is 62.7 Å². The van der Waals surface area contributed by atoms with Gasteiger partial charge in [0.05, 0.1) is 0 Å². The lowest BCUT2D eigenvalue weighted by Crippen LogP contribution is -2.25. The molecule has 0 fully saturated rings. The first-order valence-electron chi connectivity index (χ1n) is 7.33. The van der Waals surface area contributed by atoms with Gasteiger partial charge in [0, 0.05) is 13.1 Å². The molecule has 20 heavy (non-hydrogen) atoms. The van der Waals surface area contributed by atoms with E-state index in [1.165, 1.54) is 0 Å². The van der Waals surface area contributed by atoms with Crippen LogP contribution >= 0.6 is 11.6 Å². The molecule has 0 saturated heterocycles. The highest BCUT2D eigenvalue weighted by atomic mass is 35.5. The molecule has 0 aliphatic carbocycles. The van der Waals surface area contributed by atoms with Crippen molar-refractivity contribution in [1.82, 2.24) is 15.0 Å². The van der Waals surface area contributed by atoms with Crippen molar-refractivity contribution < 1.29 is 0 Å². The first kappa shape index (κ1) is 17.0. The van der Waals surface area contributed by atoms with Crippen LogP contribution < -0.4 is 10.6 Å². The number of aromatic nitrogens is 3. The molecule has 114 valence electrons. The summed E-state index contributed by atoms with van der Waals surface area (Å²) in [5.74, 6) is 2.85. The highest BCUT2D eigenvalue weighted by molar-refractivity contribution is 6.28. The number of hydrogen-bond acceptors (Lipinski definition) is 5. The molecule has 2 N–H and O–H groups in total. The normalized spacial score (nSPS) is 11.4. The van der Waals surface area contributed by atoms with Crippen molar-refractivity contribution in [2.45, 2.75) is 41.0 Å². The lowest BCUT2D eigenvalue weighted by atomic mass is 9.85. The van der Waals surface area contributed by atoms with Crippen molar-refractivity contribution in [3.8, 4) is 0 Å². The first-order chi connectivity index (χ1) is 9.43. The van der Waals surface area contributed by atoms with Gasteiger partial charge in [0.2, 0.25) is 17.2 Å². The molecule has 0 unspecified atom stereocenters. The molecular weight excluding hydrogens is 274 g/mol. The smallest absolute Gasteiger partial charge is 0.228 e. The van der Waals surface area contributed by atoms with Crippen LogP contribution in [-0.4, -0.2) is 28.0 Å². The predicted octanol–water partition coefficient (Wildman–Crippen LogP) is 3.69. The minimum Gasteiger partial charge on any atom is -0.354 e. The Bertz CT molecular complexity index is 401. The molecule has 1 aromatic rings. The molecule has 0 atom stereocenters. The highest BCUT2D eigenvalue weighted by Crippen LogP contribution is 2.21. The largest absolute Gasteiger partial charge is 0.354 e. The predicted molar refractivity (Wildman–Crippen MR) is 85.3 cm³/mol. The van der Waals surface area contributed by atoms with E-state index in [0.717, 1.165) is 19.5 Å². The molecule has 0 aromatic carbocycles. The van der Waals surface area contributed by atoms with Crippen LogP contribution in [0.2, 0.25) is 5.28 Å². The quantitative estimate of drug-likeness (QED) is 0.766. The molecule has 0 saturated carbocycles. The fourth-order valence-corrected chi connectivity index (χ4v) is 2.36. The first-order valence-corrected chi connectivity index (χ1v) is 7.71. The lowest BCUT2D eigenvalue weighted by Gasteiger charge is -2.25. The summed E-state index contributed by atoms with van der Waals surface area (Å²) in [6.07, 6.45) is 1.01. The molecule has 0 amide bonds. The Labute approximate surface area is 127 Å². The zero-order valence-corrected chi connectivity index (χ0v) is 13.8. The van der Waals surface area contributed by atoms with Crippen LogP contribution in [0.1, 0.15) is 41.0 Å². The second-order valence-corrected chi connectivity index (χ2v) is 6.05. The van der Waals surface area contributed by atoms with E-state index in [0.29, 0.717) is 29.7 Å². The van der Waals surface area contributed by atoms with Gasteiger partial charge in [-0.3, -0.25) is 0 Å². The summed E-state index contributed by atoms with van der Waals surface area (Å²) in [6, 6.07) is 0. The van der Waals surface area contributed by atoms with E-state index in [4.69, 9.17) is 11.6 Å². The maximum Gasteiger partial charge on any atom is 0.228 e. The van der Waals surface area contributed by atoms with Crippen LogP contribution in [0.4, 0.5) is 11.9 Å². The second kappa shape index (κ2) is 8.25. The summed E-state index contributed by atoms with van der Waals surface area (Å²) < 4.78 is 0. The molecule has 5 nitrogen and oxygen atoms in total. The highest BCUT2D eigenvalue weighted by Gasteiger charge is 2.17. The number of nitrogens with one attached hydrogen (secondary N) is 2. The van der Waals surface area contributed by atoms with Crippen LogP contribution in [0.25, 0.3) is 0 Å². The van der Waals surface area contributed by atoms with E-state index < -0.39 is 0 Å². The molecule has 1 rings (SSSR count). The van der Waals surface area contributed by atoms with Gasteiger partial charge in [0.15, 0.2) is 0 Å². The lowest BCUT2D eigenvalue weighted by molar-refractivity contribution is 0.304.